The maximum absolute atomic E-state index is 13.0. The molecule has 11 heteroatoms. The Morgan fingerprint density at radius 2 is 1.87 bits per heavy atom. The highest BCUT2D eigenvalue weighted by Crippen LogP contribution is 2.23. The molecule has 10 nitrogen and oxygen atoms in total. The number of carbonyl (C=O) groups is 2. The van der Waals surface area contributed by atoms with Crippen molar-refractivity contribution in [2.24, 2.45) is 0 Å². The van der Waals surface area contributed by atoms with Gasteiger partial charge < -0.3 is 15.1 Å². The summed E-state index contributed by atoms with van der Waals surface area (Å²) >= 11 is 1.63. The van der Waals surface area contributed by atoms with E-state index in [1.165, 1.54) is 7.11 Å². The molecule has 3 heterocycles. The van der Waals surface area contributed by atoms with E-state index in [0.29, 0.717) is 19.1 Å². The predicted molar refractivity (Wildman–Crippen MR) is 147 cm³/mol. The number of rotatable bonds is 10. The van der Waals surface area contributed by atoms with E-state index >= 15 is 0 Å². The molecule has 1 unspecified atom stereocenters. The van der Waals surface area contributed by atoms with Crippen molar-refractivity contribution in [2.75, 3.05) is 26.7 Å². The predicted octanol–water partition coefficient (Wildman–Crippen LogP) is 3.69. The first-order valence-electron chi connectivity index (χ1n) is 13.0. The lowest BCUT2D eigenvalue weighted by atomic mass is 10.00. The molecule has 0 spiro atoms. The van der Waals surface area contributed by atoms with Crippen molar-refractivity contribution >= 4 is 23.3 Å². The fourth-order valence-corrected chi connectivity index (χ4v) is 5.84. The summed E-state index contributed by atoms with van der Waals surface area (Å²) in [5.74, 6) is -0.0468. The second-order valence-corrected chi connectivity index (χ2v) is 10.6. The first kappa shape index (κ1) is 27.7. The summed E-state index contributed by atoms with van der Waals surface area (Å²) in [4.78, 5) is 34.9. The molecule has 1 fully saturated rings. The van der Waals surface area contributed by atoms with E-state index in [1.807, 2.05) is 40.8 Å². The lowest BCUT2D eigenvalue weighted by molar-refractivity contribution is 0.0565. The Bertz CT molecular complexity index is 1170. The number of thiophene rings is 1. The minimum absolute atomic E-state index is 0.0468. The number of hydroxylamine groups is 1. The summed E-state index contributed by atoms with van der Waals surface area (Å²) in [5.41, 5.74) is 7.12. The Morgan fingerprint density at radius 3 is 2.47 bits per heavy atom. The third-order valence-electron chi connectivity index (χ3n) is 7.26. The van der Waals surface area contributed by atoms with Crippen LogP contribution in [-0.2, 0) is 11.4 Å². The summed E-state index contributed by atoms with van der Waals surface area (Å²) in [7, 11) is 1.46. The molecule has 0 saturated carbocycles. The fourth-order valence-electron chi connectivity index (χ4n) is 5.18. The number of aromatic nitrogens is 3. The molecule has 3 amide bonds. The van der Waals surface area contributed by atoms with Crippen LogP contribution in [0.15, 0.2) is 41.6 Å². The molecular weight excluding hydrogens is 502 g/mol. The maximum Gasteiger partial charge on any atom is 0.341 e. The molecule has 4 rings (SSSR count). The quantitative estimate of drug-likeness (QED) is 0.381. The Hall–Kier alpha value is -3.28. The van der Waals surface area contributed by atoms with Crippen LogP contribution in [0.2, 0.25) is 0 Å². The highest BCUT2D eigenvalue weighted by atomic mass is 32.1. The first-order chi connectivity index (χ1) is 18.4. The second kappa shape index (κ2) is 13.0. The van der Waals surface area contributed by atoms with E-state index in [2.05, 4.69) is 44.3 Å². The van der Waals surface area contributed by atoms with Crippen molar-refractivity contribution in [1.82, 2.24) is 35.4 Å². The van der Waals surface area contributed by atoms with Crippen molar-refractivity contribution in [3.63, 3.8) is 0 Å². The zero-order valence-electron chi connectivity index (χ0n) is 22.5. The summed E-state index contributed by atoms with van der Waals surface area (Å²) < 4.78 is 1.83. The average Bonchev–Trinajstić information content (AvgIpc) is 3.62. The van der Waals surface area contributed by atoms with Crippen LogP contribution in [0.25, 0.3) is 5.69 Å². The number of carbonyl (C=O) groups excluding carboxylic acids is 2. The summed E-state index contributed by atoms with van der Waals surface area (Å²) in [5, 5.41) is 14.9. The van der Waals surface area contributed by atoms with Crippen molar-refractivity contribution < 1.29 is 14.4 Å². The van der Waals surface area contributed by atoms with Crippen molar-refractivity contribution in [3.8, 4) is 5.69 Å². The Kier molecular flexibility index (Phi) is 9.48. The topological polar surface area (TPSA) is 105 Å². The van der Waals surface area contributed by atoms with Crippen molar-refractivity contribution in [3.05, 3.63) is 63.9 Å². The van der Waals surface area contributed by atoms with Crippen LogP contribution >= 0.6 is 11.3 Å². The number of urea groups is 1. The molecule has 2 aromatic heterocycles. The molecular formula is C27H37N7O3S. The molecule has 204 valence electrons. The van der Waals surface area contributed by atoms with Gasteiger partial charge in [-0.2, -0.15) is 11.3 Å². The number of benzene rings is 1. The number of aryl methyl sites for hydroxylation is 2. The molecule has 1 aliphatic rings. The number of nitrogens with one attached hydrogen (secondary N) is 2. The SMILES string of the molecule is CONC(=O)N(Cc1ccsc1)C1CCN(C(C)CCNC(=O)c2c(C)cc(-n3cnnc3)cc2C)CC1. The van der Waals surface area contributed by atoms with Gasteiger partial charge in [-0.1, -0.05) is 0 Å². The van der Waals surface area contributed by atoms with Crippen LogP contribution < -0.4 is 10.8 Å². The average molecular weight is 540 g/mol. The summed E-state index contributed by atoms with van der Waals surface area (Å²) in [6.45, 7) is 9.11. The van der Waals surface area contributed by atoms with Gasteiger partial charge in [-0.3, -0.25) is 14.2 Å². The van der Waals surface area contributed by atoms with Crippen LogP contribution in [-0.4, -0.2) is 75.3 Å². The number of hydrogen-bond acceptors (Lipinski definition) is 7. The number of amides is 3. The molecule has 0 aliphatic carbocycles. The van der Waals surface area contributed by atoms with E-state index < -0.39 is 0 Å². The Balaban J connectivity index is 1.26. The van der Waals surface area contributed by atoms with Gasteiger partial charge in [0, 0.05) is 49.5 Å². The standard InChI is InChI=1S/C27H37N7O3S/c1-19-13-24(33-17-29-30-18-33)14-20(2)25(19)26(35)28-9-5-21(3)32-10-6-23(7-11-32)34(27(36)31-37-4)15-22-8-12-38-16-22/h8,12-14,16-18,21,23H,5-7,9-11,15H2,1-4H3,(H,28,35)(H,31,36). The molecule has 2 N–H and O–H groups in total. The van der Waals surface area contributed by atoms with Gasteiger partial charge in [-0.25, -0.2) is 10.3 Å². The third-order valence-corrected chi connectivity index (χ3v) is 7.99. The Morgan fingerprint density at radius 1 is 1.18 bits per heavy atom. The van der Waals surface area contributed by atoms with Gasteiger partial charge in [-0.05, 0) is 85.7 Å². The fraction of sp³-hybridized carbons (Fsp3) is 0.481. The Labute approximate surface area is 227 Å². The molecule has 1 aliphatic heterocycles. The van der Waals surface area contributed by atoms with E-state index in [-0.39, 0.29) is 18.0 Å². The van der Waals surface area contributed by atoms with Crippen LogP contribution in [0, 0.1) is 13.8 Å². The zero-order valence-corrected chi connectivity index (χ0v) is 23.3. The smallest absolute Gasteiger partial charge is 0.341 e. The molecule has 1 saturated heterocycles. The summed E-state index contributed by atoms with van der Waals surface area (Å²) in [6.07, 6.45) is 5.95. The number of likely N-dealkylation sites (tertiary alicyclic amines) is 1. The molecule has 3 aromatic rings. The minimum atomic E-state index is -0.201. The highest BCUT2D eigenvalue weighted by Gasteiger charge is 2.30. The van der Waals surface area contributed by atoms with Gasteiger partial charge >= 0.3 is 6.03 Å². The summed E-state index contributed by atoms with van der Waals surface area (Å²) in [6, 6.07) is 6.29. The monoisotopic (exact) mass is 539 g/mol. The molecule has 0 bridgehead atoms. The van der Waals surface area contributed by atoms with Gasteiger partial charge in [-0.15, -0.1) is 10.2 Å². The second-order valence-electron chi connectivity index (χ2n) is 9.86. The number of piperidine rings is 1. The molecule has 0 radical (unpaired) electrons. The molecule has 1 atom stereocenters. The van der Waals surface area contributed by atoms with Crippen molar-refractivity contribution in [2.45, 2.75) is 58.7 Å². The molecule has 1 aromatic carbocycles. The normalized spacial score (nSPS) is 15.3. The lowest BCUT2D eigenvalue weighted by Gasteiger charge is -2.40. The van der Waals surface area contributed by atoms with Gasteiger partial charge in [0.05, 0.1) is 7.11 Å². The van der Waals surface area contributed by atoms with E-state index in [4.69, 9.17) is 4.84 Å². The number of hydrogen-bond donors (Lipinski definition) is 2. The van der Waals surface area contributed by atoms with Gasteiger partial charge in [0.25, 0.3) is 5.91 Å². The van der Waals surface area contributed by atoms with Gasteiger partial charge in [0.15, 0.2) is 0 Å². The molecule has 38 heavy (non-hydrogen) atoms. The minimum Gasteiger partial charge on any atom is -0.352 e. The van der Waals surface area contributed by atoms with Gasteiger partial charge in [0.2, 0.25) is 0 Å². The largest absolute Gasteiger partial charge is 0.352 e. The zero-order chi connectivity index (χ0) is 27.1. The highest BCUT2D eigenvalue weighted by molar-refractivity contribution is 7.07. The van der Waals surface area contributed by atoms with Crippen molar-refractivity contribution in [1.29, 1.82) is 0 Å². The van der Waals surface area contributed by atoms with Crippen LogP contribution in [0.4, 0.5) is 4.79 Å². The first-order valence-corrected chi connectivity index (χ1v) is 13.9. The number of nitrogens with zero attached hydrogens (tertiary/aromatic N) is 5. The van der Waals surface area contributed by atoms with Crippen LogP contribution in [0.1, 0.15) is 53.2 Å². The van der Waals surface area contributed by atoms with E-state index in [0.717, 1.165) is 60.3 Å². The van der Waals surface area contributed by atoms with E-state index in [1.54, 1.807) is 24.0 Å². The van der Waals surface area contributed by atoms with Crippen LogP contribution in [0.5, 0.6) is 0 Å². The third kappa shape index (κ3) is 6.77. The van der Waals surface area contributed by atoms with E-state index in [9.17, 15) is 9.59 Å². The lowest BCUT2D eigenvalue weighted by Crippen LogP contribution is -2.51. The maximum atomic E-state index is 13.0. The van der Waals surface area contributed by atoms with Crippen LogP contribution in [0.3, 0.4) is 0 Å². The van der Waals surface area contributed by atoms with Gasteiger partial charge in [0.1, 0.15) is 12.7 Å².